The molecule has 0 aliphatic heterocycles. The van der Waals surface area contributed by atoms with Gasteiger partial charge in [0.05, 0.1) is 5.52 Å². The van der Waals surface area contributed by atoms with E-state index < -0.39 is 0 Å². The summed E-state index contributed by atoms with van der Waals surface area (Å²) in [4.78, 5) is 5.73. The minimum absolute atomic E-state index is 0.720. The molecule has 25 heavy (non-hydrogen) atoms. The lowest BCUT2D eigenvalue weighted by molar-refractivity contribution is 0.748. The summed E-state index contributed by atoms with van der Waals surface area (Å²) in [5, 5.41) is 1.92. The first kappa shape index (κ1) is 18.3. The van der Waals surface area contributed by atoms with Gasteiger partial charge in [0.2, 0.25) is 0 Å². The molecule has 0 spiro atoms. The van der Waals surface area contributed by atoms with E-state index in [1.807, 2.05) is 6.07 Å². The molecule has 0 aliphatic rings. The summed E-state index contributed by atoms with van der Waals surface area (Å²) >= 11 is 9.95. The van der Waals surface area contributed by atoms with Crippen molar-refractivity contribution in [3.63, 3.8) is 0 Å². The van der Waals surface area contributed by atoms with Crippen LogP contribution < -0.4 is 10.6 Å². The van der Waals surface area contributed by atoms with Crippen LogP contribution in [-0.4, -0.2) is 25.6 Å². The van der Waals surface area contributed by atoms with E-state index >= 15 is 0 Å². The van der Waals surface area contributed by atoms with Crippen LogP contribution in [0, 0.1) is 0 Å². The highest BCUT2D eigenvalue weighted by Gasteiger charge is 2.16. The summed E-state index contributed by atoms with van der Waals surface area (Å²) in [6, 6.07) is 12.6. The SMILES string of the molecule is CN(C)c1cccc(-c2[nH]c3c(Br)cc(Cl)cc3c2CCCCN)c1. The Kier molecular flexibility index (Phi) is 5.72. The van der Waals surface area contributed by atoms with Crippen LogP contribution in [0.5, 0.6) is 0 Å². The zero-order valence-corrected chi connectivity index (χ0v) is 16.9. The highest BCUT2D eigenvalue weighted by Crippen LogP contribution is 2.37. The lowest BCUT2D eigenvalue weighted by atomic mass is 10.00. The van der Waals surface area contributed by atoms with Crippen molar-refractivity contribution in [1.82, 2.24) is 4.98 Å². The van der Waals surface area contributed by atoms with E-state index in [2.05, 4.69) is 70.2 Å². The summed E-state index contributed by atoms with van der Waals surface area (Å²) in [6.45, 7) is 0.720. The number of aromatic amines is 1. The maximum atomic E-state index is 6.31. The Bertz CT molecular complexity index is 886. The third kappa shape index (κ3) is 3.86. The number of rotatable bonds is 6. The molecule has 3 N–H and O–H groups in total. The normalized spacial score (nSPS) is 11.2. The molecule has 132 valence electrons. The van der Waals surface area contributed by atoms with Gasteiger partial charge in [-0.05, 0) is 71.6 Å². The third-order valence-corrected chi connectivity index (χ3v) is 5.31. The zero-order valence-electron chi connectivity index (χ0n) is 14.6. The Hall–Kier alpha value is -1.49. The van der Waals surface area contributed by atoms with Gasteiger partial charge in [0.15, 0.2) is 0 Å². The Morgan fingerprint density at radius 3 is 2.68 bits per heavy atom. The van der Waals surface area contributed by atoms with Crippen molar-refractivity contribution in [1.29, 1.82) is 0 Å². The number of aryl methyl sites for hydroxylation is 1. The summed E-state index contributed by atoms with van der Waals surface area (Å²) < 4.78 is 0.991. The van der Waals surface area contributed by atoms with Gasteiger partial charge in [-0.1, -0.05) is 23.7 Å². The summed E-state index contributed by atoms with van der Waals surface area (Å²) in [5.74, 6) is 0. The van der Waals surface area contributed by atoms with Crippen LogP contribution in [0.25, 0.3) is 22.2 Å². The quantitative estimate of drug-likeness (QED) is 0.510. The molecule has 3 aromatic rings. The van der Waals surface area contributed by atoms with Gasteiger partial charge in [0.25, 0.3) is 0 Å². The molecule has 0 saturated carbocycles. The van der Waals surface area contributed by atoms with Crippen LogP contribution in [0.3, 0.4) is 0 Å². The molecule has 0 unspecified atom stereocenters. The van der Waals surface area contributed by atoms with Gasteiger partial charge in [-0.3, -0.25) is 0 Å². The fraction of sp³-hybridized carbons (Fsp3) is 0.300. The number of nitrogens with zero attached hydrogens (tertiary/aromatic N) is 1. The number of nitrogens with one attached hydrogen (secondary N) is 1. The lowest BCUT2D eigenvalue weighted by Gasteiger charge is -2.14. The molecule has 1 heterocycles. The summed E-state index contributed by atoms with van der Waals surface area (Å²) in [6.07, 6.45) is 3.06. The van der Waals surface area contributed by atoms with E-state index in [9.17, 15) is 0 Å². The summed E-state index contributed by atoms with van der Waals surface area (Å²) in [7, 11) is 4.12. The molecule has 2 aromatic carbocycles. The number of halogens is 2. The first-order valence-corrected chi connectivity index (χ1v) is 9.65. The fourth-order valence-corrected chi connectivity index (χ4v) is 4.07. The van der Waals surface area contributed by atoms with Gasteiger partial charge < -0.3 is 15.6 Å². The zero-order chi connectivity index (χ0) is 18.0. The molecule has 5 heteroatoms. The smallest absolute Gasteiger partial charge is 0.0607 e. The van der Waals surface area contributed by atoms with Gasteiger partial charge in [-0.2, -0.15) is 0 Å². The molecule has 1 aromatic heterocycles. The second-order valence-electron chi connectivity index (χ2n) is 6.48. The predicted molar refractivity (Wildman–Crippen MR) is 113 cm³/mol. The molecular formula is C20H23BrClN3. The van der Waals surface area contributed by atoms with E-state index in [-0.39, 0.29) is 0 Å². The lowest BCUT2D eigenvalue weighted by Crippen LogP contribution is -2.08. The maximum absolute atomic E-state index is 6.31. The van der Waals surface area contributed by atoms with Crippen molar-refractivity contribution >= 4 is 44.1 Å². The van der Waals surface area contributed by atoms with Gasteiger partial charge in [-0.25, -0.2) is 0 Å². The van der Waals surface area contributed by atoms with Crippen molar-refractivity contribution in [3.05, 3.63) is 51.5 Å². The van der Waals surface area contributed by atoms with Crippen LogP contribution in [0.1, 0.15) is 18.4 Å². The molecule has 3 rings (SSSR count). The van der Waals surface area contributed by atoms with E-state index in [0.29, 0.717) is 0 Å². The van der Waals surface area contributed by atoms with E-state index in [1.54, 1.807) is 0 Å². The highest BCUT2D eigenvalue weighted by atomic mass is 79.9. The molecule has 0 fully saturated rings. The molecule has 0 radical (unpaired) electrons. The molecule has 0 amide bonds. The minimum atomic E-state index is 0.720. The molecular weight excluding hydrogens is 398 g/mol. The Balaban J connectivity index is 2.17. The highest BCUT2D eigenvalue weighted by molar-refractivity contribution is 9.10. The second kappa shape index (κ2) is 7.81. The van der Waals surface area contributed by atoms with Gasteiger partial charge in [0.1, 0.15) is 0 Å². The number of unbranched alkanes of at least 4 members (excludes halogenated alkanes) is 1. The van der Waals surface area contributed by atoms with Crippen LogP contribution in [0.2, 0.25) is 5.02 Å². The number of aromatic nitrogens is 1. The topological polar surface area (TPSA) is 45.0 Å². The Labute approximate surface area is 162 Å². The number of fused-ring (bicyclic) bond motifs is 1. The van der Waals surface area contributed by atoms with E-state index in [4.69, 9.17) is 17.3 Å². The van der Waals surface area contributed by atoms with Gasteiger partial charge in [-0.15, -0.1) is 0 Å². The average molecular weight is 421 g/mol. The third-order valence-electron chi connectivity index (χ3n) is 4.46. The molecule has 0 saturated heterocycles. The number of hydrogen-bond donors (Lipinski definition) is 2. The van der Waals surface area contributed by atoms with Crippen LogP contribution >= 0.6 is 27.5 Å². The largest absolute Gasteiger partial charge is 0.378 e. The van der Waals surface area contributed by atoms with Crippen LogP contribution in [0.15, 0.2) is 40.9 Å². The number of benzene rings is 2. The number of nitrogens with two attached hydrogens (primary N) is 1. The standard InChI is InChI=1S/C20H23BrClN3/c1-25(2)15-7-5-6-13(10-15)19-16(8-3-4-9-23)17-11-14(22)12-18(21)20(17)24-19/h5-7,10-12,24H,3-4,8-9,23H2,1-2H3. The predicted octanol–water partition coefficient (Wildman–Crippen LogP) is 5.60. The maximum Gasteiger partial charge on any atom is 0.0607 e. The monoisotopic (exact) mass is 419 g/mol. The first-order valence-electron chi connectivity index (χ1n) is 8.48. The van der Waals surface area contributed by atoms with Crippen molar-refractivity contribution < 1.29 is 0 Å². The van der Waals surface area contributed by atoms with Crippen molar-refractivity contribution in [3.8, 4) is 11.3 Å². The molecule has 0 atom stereocenters. The molecule has 0 aliphatic carbocycles. The van der Waals surface area contributed by atoms with Gasteiger partial charge in [0, 0.05) is 45.9 Å². The van der Waals surface area contributed by atoms with Crippen molar-refractivity contribution in [2.75, 3.05) is 25.5 Å². The fourth-order valence-electron chi connectivity index (χ4n) is 3.17. The van der Waals surface area contributed by atoms with Crippen molar-refractivity contribution in [2.45, 2.75) is 19.3 Å². The first-order chi connectivity index (χ1) is 12.0. The summed E-state index contributed by atoms with van der Waals surface area (Å²) in [5.41, 5.74) is 11.6. The molecule has 3 nitrogen and oxygen atoms in total. The van der Waals surface area contributed by atoms with Crippen molar-refractivity contribution in [2.24, 2.45) is 5.73 Å². The number of anilines is 1. The molecule has 0 bridgehead atoms. The average Bonchev–Trinajstić information content (AvgIpc) is 2.94. The Morgan fingerprint density at radius 2 is 1.96 bits per heavy atom. The van der Waals surface area contributed by atoms with Crippen LogP contribution in [0.4, 0.5) is 5.69 Å². The van der Waals surface area contributed by atoms with E-state index in [1.165, 1.54) is 27.9 Å². The number of hydrogen-bond acceptors (Lipinski definition) is 2. The number of H-pyrrole nitrogens is 1. The second-order valence-corrected chi connectivity index (χ2v) is 7.77. The minimum Gasteiger partial charge on any atom is -0.378 e. The van der Waals surface area contributed by atoms with E-state index in [0.717, 1.165) is 40.8 Å². The Morgan fingerprint density at radius 1 is 1.16 bits per heavy atom. The van der Waals surface area contributed by atoms with Gasteiger partial charge >= 0.3 is 0 Å². The van der Waals surface area contributed by atoms with Crippen LogP contribution in [-0.2, 0) is 6.42 Å².